The molecule has 11 rings (SSSR count). The second-order valence-electron chi connectivity index (χ2n) is 14.2. The molecule has 0 unspecified atom stereocenters. The summed E-state index contributed by atoms with van der Waals surface area (Å²) < 4.78 is 8.79. The summed E-state index contributed by atoms with van der Waals surface area (Å²) in [7, 11) is 0. The van der Waals surface area contributed by atoms with Gasteiger partial charge < -0.3 is 13.9 Å². The molecule has 55 heavy (non-hydrogen) atoms. The molecule has 0 aliphatic rings. The van der Waals surface area contributed by atoms with Crippen molar-refractivity contribution < 1.29 is 4.42 Å². The third-order valence-corrected chi connectivity index (χ3v) is 10.9. The Balaban J connectivity index is 1.16. The Morgan fingerprint density at radius 1 is 0.327 bits per heavy atom. The summed E-state index contributed by atoms with van der Waals surface area (Å²) in [6.45, 7) is 0. The Labute approximate surface area is 318 Å². The van der Waals surface area contributed by atoms with Crippen LogP contribution in [0.2, 0.25) is 0 Å². The molecule has 9 aromatic carbocycles. The molecule has 2 heterocycles. The van der Waals surface area contributed by atoms with Crippen molar-refractivity contribution in [2.45, 2.75) is 0 Å². The quantitative estimate of drug-likeness (QED) is 0.172. The fraction of sp³-hybridized carbons (Fsp3) is 0. The molecule has 2 aromatic heterocycles. The lowest BCUT2D eigenvalue weighted by Gasteiger charge is -2.27. The summed E-state index contributed by atoms with van der Waals surface area (Å²) in [5.41, 5.74) is 13.0. The predicted molar refractivity (Wildman–Crippen MR) is 231 cm³/mol. The minimum atomic E-state index is 0.883. The van der Waals surface area contributed by atoms with Crippen LogP contribution in [0.4, 0.5) is 17.1 Å². The first kappa shape index (κ1) is 31.2. The molecule has 3 nitrogen and oxygen atoms in total. The maximum absolute atomic E-state index is 6.41. The van der Waals surface area contributed by atoms with Crippen LogP contribution in [0.15, 0.2) is 211 Å². The molecule has 0 radical (unpaired) electrons. The van der Waals surface area contributed by atoms with Crippen LogP contribution < -0.4 is 4.90 Å². The van der Waals surface area contributed by atoms with Crippen LogP contribution in [0.25, 0.3) is 82.5 Å². The summed E-state index contributed by atoms with van der Waals surface area (Å²) in [5, 5.41) is 7.15. The van der Waals surface area contributed by atoms with Crippen LogP contribution >= 0.6 is 0 Å². The monoisotopic (exact) mass is 702 g/mol. The van der Waals surface area contributed by atoms with E-state index in [1.807, 2.05) is 12.1 Å². The highest BCUT2D eigenvalue weighted by molar-refractivity contribution is 6.10. The summed E-state index contributed by atoms with van der Waals surface area (Å²) >= 11 is 0. The fourth-order valence-corrected chi connectivity index (χ4v) is 8.32. The van der Waals surface area contributed by atoms with Crippen LogP contribution in [0, 0.1) is 0 Å². The fourth-order valence-electron chi connectivity index (χ4n) is 8.32. The molecule has 11 aromatic rings. The van der Waals surface area contributed by atoms with Gasteiger partial charge in [-0.1, -0.05) is 121 Å². The summed E-state index contributed by atoms with van der Waals surface area (Å²) in [5.74, 6) is 0. The second kappa shape index (κ2) is 12.6. The largest absolute Gasteiger partial charge is 0.456 e. The van der Waals surface area contributed by atoms with Gasteiger partial charge in [-0.2, -0.15) is 0 Å². The third-order valence-electron chi connectivity index (χ3n) is 10.9. The molecular formula is C52H34N2O. The van der Waals surface area contributed by atoms with E-state index < -0.39 is 0 Å². The molecule has 0 atom stereocenters. The molecule has 0 spiro atoms. The van der Waals surface area contributed by atoms with Gasteiger partial charge in [-0.3, -0.25) is 0 Å². The number of anilines is 3. The Morgan fingerprint density at radius 2 is 0.945 bits per heavy atom. The van der Waals surface area contributed by atoms with Crippen molar-refractivity contribution in [2.75, 3.05) is 4.90 Å². The summed E-state index contributed by atoms with van der Waals surface area (Å²) in [4.78, 5) is 2.37. The van der Waals surface area contributed by atoms with Gasteiger partial charge in [-0.15, -0.1) is 0 Å². The number of rotatable bonds is 6. The minimum Gasteiger partial charge on any atom is -0.456 e. The zero-order chi connectivity index (χ0) is 36.3. The molecule has 3 heteroatoms. The van der Waals surface area contributed by atoms with E-state index >= 15 is 0 Å². The maximum Gasteiger partial charge on any atom is 0.136 e. The Hall–Kier alpha value is -7.36. The molecule has 0 saturated heterocycles. The van der Waals surface area contributed by atoms with Gasteiger partial charge in [0.2, 0.25) is 0 Å². The highest BCUT2D eigenvalue weighted by Crippen LogP contribution is 2.43. The molecule has 0 N–H and O–H groups in total. The van der Waals surface area contributed by atoms with Gasteiger partial charge in [0.1, 0.15) is 11.2 Å². The van der Waals surface area contributed by atoms with Gasteiger partial charge in [0.05, 0.1) is 11.0 Å². The molecule has 0 amide bonds. The molecule has 0 bridgehead atoms. The average Bonchev–Trinajstić information content (AvgIpc) is 3.79. The van der Waals surface area contributed by atoms with Gasteiger partial charge in [0.25, 0.3) is 0 Å². The van der Waals surface area contributed by atoms with Gasteiger partial charge >= 0.3 is 0 Å². The van der Waals surface area contributed by atoms with Crippen LogP contribution in [-0.4, -0.2) is 4.57 Å². The standard InChI is InChI=1S/C52H34N2O/c1-3-15-41(16-4-1)53(43-26-23-35-13-7-8-14-36(35)30-43)44-31-39(29-40(32-44)38-25-28-48-47-20-10-12-22-51(47)55-52(48)34-38)37-24-27-46-45-19-9-11-21-49(45)54(50(46)33-37)42-17-5-2-6-18-42/h1-34H. The van der Waals surface area contributed by atoms with E-state index in [1.165, 1.54) is 32.6 Å². The van der Waals surface area contributed by atoms with E-state index in [9.17, 15) is 0 Å². The lowest BCUT2D eigenvalue weighted by Crippen LogP contribution is -2.10. The summed E-state index contributed by atoms with van der Waals surface area (Å²) in [6, 6.07) is 74.1. The molecule has 0 fully saturated rings. The van der Waals surface area contributed by atoms with Gasteiger partial charge in [-0.05, 0) is 118 Å². The van der Waals surface area contributed by atoms with Crippen molar-refractivity contribution in [1.82, 2.24) is 4.57 Å². The van der Waals surface area contributed by atoms with E-state index in [-0.39, 0.29) is 0 Å². The van der Waals surface area contributed by atoms with Crippen molar-refractivity contribution in [2.24, 2.45) is 0 Å². The van der Waals surface area contributed by atoms with Crippen molar-refractivity contribution in [3.05, 3.63) is 206 Å². The van der Waals surface area contributed by atoms with E-state index in [0.717, 1.165) is 66.9 Å². The van der Waals surface area contributed by atoms with Crippen molar-refractivity contribution >= 4 is 71.6 Å². The number of hydrogen-bond donors (Lipinski definition) is 0. The number of para-hydroxylation sites is 4. The number of benzene rings is 9. The van der Waals surface area contributed by atoms with Crippen LogP contribution in [0.1, 0.15) is 0 Å². The zero-order valence-corrected chi connectivity index (χ0v) is 29.9. The number of furan rings is 1. The normalized spacial score (nSPS) is 11.6. The highest BCUT2D eigenvalue weighted by atomic mass is 16.3. The molecule has 0 saturated carbocycles. The first-order valence-electron chi connectivity index (χ1n) is 18.7. The molecule has 0 aliphatic heterocycles. The van der Waals surface area contributed by atoms with E-state index in [4.69, 9.17) is 4.42 Å². The minimum absolute atomic E-state index is 0.883. The molecule has 258 valence electrons. The molecular weight excluding hydrogens is 669 g/mol. The van der Waals surface area contributed by atoms with Crippen molar-refractivity contribution in [1.29, 1.82) is 0 Å². The first-order valence-corrected chi connectivity index (χ1v) is 18.7. The lowest BCUT2D eigenvalue weighted by molar-refractivity contribution is 0.669. The smallest absolute Gasteiger partial charge is 0.136 e. The molecule has 0 aliphatic carbocycles. The van der Waals surface area contributed by atoms with Gasteiger partial charge in [-0.25, -0.2) is 0 Å². The third kappa shape index (κ3) is 5.28. The van der Waals surface area contributed by atoms with Crippen molar-refractivity contribution in [3.63, 3.8) is 0 Å². The number of hydrogen-bond acceptors (Lipinski definition) is 2. The van der Waals surface area contributed by atoms with Gasteiger partial charge in [0.15, 0.2) is 0 Å². The SMILES string of the molecule is c1ccc(N(c2cc(-c3ccc4c(c3)oc3ccccc34)cc(-c3ccc4c5ccccc5n(-c5ccccc5)c4c3)c2)c2ccc3ccccc3c2)cc1. The predicted octanol–water partition coefficient (Wildman–Crippen LogP) is 14.6. The van der Waals surface area contributed by atoms with E-state index in [1.54, 1.807) is 0 Å². The summed E-state index contributed by atoms with van der Waals surface area (Å²) in [6.07, 6.45) is 0. The number of fused-ring (bicyclic) bond motifs is 7. The van der Waals surface area contributed by atoms with Crippen LogP contribution in [0.3, 0.4) is 0 Å². The zero-order valence-electron chi connectivity index (χ0n) is 29.9. The Kier molecular flexibility index (Phi) is 7.17. The second-order valence-corrected chi connectivity index (χ2v) is 14.2. The number of nitrogens with zero attached hydrogens (tertiary/aromatic N) is 2. The first-order chi connectivity index (χ1) is 27.2. The highest BCUT2D eigenvalue weighted by Gasteiger charge is 2.19. The Morgan fingerprint density at radius 3 is 1.76 bits per heavy atom. The average molecular weight is 703 g/mol. The van der Waals surface area contributed by atoms with E-state index in [2.05, 4.69) is 204 Å². The number of aromatic nitrogens is 1. The van der Waals surface area contributed by atoms with Crippen LogP contribution in [0.5, 0.6) is 0 Å². The maximum atomic E-state index is 6.41. The van der Waals surface area contributed by atoms with Crippen molar-refractivity contribution in [3.8, 4) is 27.9 Å². The Bertz CT molecular complexity index is 3210. The lowest BCUT2D eigenvalue weighted by atomic mass is 9.96. The topological polar surface area (TPSA) is 21.3 Å². The van der Waals surface area contributed by atoms with Gasteiger partial charge in [0, 0.05) is 44.3 Å². The van der Waals surface area contributed by atoms with E-state index in [0.29, 0.717) is 0 Å². The van der Waals surface area contributed by atoms with Crippen LogP contribution in [-0.2, 0) is 0 Å².